The smallest absolute Gasteiger partial charge is 0.160 e. The van der Waals surface area contributed by atoms with Crippen LogP contribution in [0, 0.1) is 5.92 Å². The molecule has 4 heteroatoms. The zero-order chi connectivity index (χ0) is 11.8. The normalized spacial score (nSPS) is 24.6. The average molecular weight is 250 g/mol. The number of hydrogen-bond donors (Lipinski definition) is 0. The summed E-state index contributed by atoms with van der Waals surface area (Å²) in [6.07, 6.45) is 5.63. The number of nitrogens with zero attached hydrogens (tertiary/aromatic N) is 3. The Labute approximate surface area is 106 Å². The van der Waals surface area contributed by atoms with Crippen molar-refractivity contribution in [3.05, 3.63) is 24.2 Å². The van der Waals surface area contributed by atoms with Gasteiger partial charge in [-0.1, -0.05) is 13.3 Å². The third kappa shape index (κ3) is 1.73. The largest absolute Gasteiger partial charge is 0.308 e. The molecule has 3 nitrogen and oxygen atoms in total. The number of hydrogen-bond acceptors (Lipinski definition) is 2. The summed E-state index contributed by atoms with van der Waals surface area (Å²) in [6, 6.07) is 4.45. The van der Waals surface area contributed by atoms with E-state index in [-0.39, 0.29) is 0 Å². The molecule has 1 aliphatic rings. The van der Waals surface area contributed by atoms with Crippen LogP contribution in [0.25, 0.3) is 11.2 Å². The minimum atomic E-state index is 0.458. The Morgan fingerprint density at radius 1 is 1.47 bits per heavy atom. The average Bonchev–Trinajstić information content (AvgIpc) is 2.91. The zero-order valence-corrected chi connectivity index (χ0v) is 10.7. The third-order valence-electron chi connectivity index (χ3n) is 3.79. The predicted octanol–water partition coefficient (Wildman–Crippen LogP) is 3.53. The Morgan fingerprint density at radius 2 is 2.35 bits per heavy atom. The number of pyridine rings is 1. The first-order valence-corrected chi connectivity index (χ1v) is 6.72. The molecule has 2 unspecified atom stereocenters. The van der Waals surface area contributed by atoms with E-state index < -0.39 is 0 Å². The Balaban J connectivity index is 2.18. The first-order chi connectivity index (χ1) is 8.31. The second-order valence-corrected chi connectivity index (χ2v) is 5.12. The molecule has 2 atom stereocenters. The summed E-state index contributed by atoms with van der Waals surface area (Å²) in [7, 11) is 0. The lowest BCUT2D eigenvalue weighted by molar-refractivity contribution is 0.407. The van der Waals surface area contributed by atoms with Crippen molar-refractivity contribution in [2.24, 2.45) is 5.92 Å². The lowest BCUT2D eigenvalue weighted by Gasteiger charge is -2.19. The summed E-state index contributed by atoms with van der Waals surface area (Å²) >= 11 is 6.02. The summed E-state index contributed by atoms with van der Waals surface area (Å²) in [4.78, 5) is 9.05. The second-order valence-electron chi connectivity index (χ2n) is 4.85. The lowest BCUT2D eigenvalue weighted by Crippen LogP contribution is -2.14. The maximum absolute atomic E-state index is 6.02. The number of halogens is 1. The molecule has 1 fully saturated rings. The van der Waals surface area contributed by atoms with E-state index in [1.165, 1.54) is 19.3 Å². The van der Waals surface area contributed by atoms with Crippen LogP contribution in [-0.4, -0.2) is 14.5 Å². The molecule has 2 aromatic heterocycles. The van der Waals surface area contributed by atoms with E-state index >= 15 is 0 Å². The second kappa shape index (κ2) is 4.30. The van der Waals surface area contributed by atoms with Crippen LogP contribution in [0.3, 0.4) is 0 Å². The molecule has 0 N–H and O–H groups in total. The van der Waals surface area contributed by atoms with Crippen molar-refractivity contribution in [1.82, 2.24) is 14.5 Å². The maximum atomic E-state index is 6.02. The van der Waals surface area contributed by atoms with Crippen LogP contribution >= 0.6 is 11.6 Å². The number of fused-ring (bicyclic) bond motifs is 1. The first-order valence-electron chi connectivity index (χ1n) is 6.19. The molecular formula is C13H16ClN3. The highest BCUT2D eigenvalue weighted by Gasteiger charge is 2.28. The molecule has 17 heavy (non-hydrogen) atoms. The van der Waals surface area contributed by atoms with E-state index in [1.807, 2.05) is 18.3 Å². The van der Waals surface area contributed by atoms with Crippen molar-refractivity contribution < 1.29 is 0 Å². The van der Waals surface area contributed by atoms with Gasteiger partial charge in [-0.3, -0.25) is 0 Å². The number of imidazole rings is 1. The van der Waals surface area contributed by atoms with Crippen LogP contribution in [0.2, 0.25) is 0 Å². The van der Waals surface area contributed by atoms with Crippen molar-refractivity contribution in [2.75, 3.05) is 0 Å². The Kier molecular flexibility index (Phi) is 2.79. The van der Waals surface area contributed by atoms with Gasteiger partial charge in [0.2, 0.25) is 0 Å². The van der Waals surface area contributed by atoms with E-state index in [9.17, 15) is 0 Å². The fourth-order valence-electron chi connectivity index (χ4n) is 2.93. The highest BCUT2D eigenvalue weighted by Crippen LogP contribution is 2.37. The fraction of sp³-hybridized carbons (Fsp3) is 0.538. The molecule has 0 aliphatic heterocycles. The van der Waals surface area contributed by atoms with E-state index in [0.717, 1.165) is 17.0 Å². The standard InChI is InChI=1S/C13H16ClN3/c1-9-4-2-6-11(9)17-12(8-14)16-10-5-3-7-15-13(10)17/h3,5,7,9,11H,2,4,6,8H2,1H3. The molecule has 0 aromatic carbocycles. The maximum Gasteiger partial charge on any atom is 0.160 e. The topological polar surface area (TPSA) is 30.7 Å². The van der Waals surface area contributed by atoms with Gasteiger partial charge >= 0.3 is 0 Å². The van der Waals surface area contributed by atoms with E-state index in [0.29, 0.717) is 17.8 Å². The van der Waals surface area contributed by atoms with Crippen molar-refractivity contribution in [1.29, 1.82) is 0 Å². The molecule has 2 heterocycles. The fourth-order valence-corrected chi connectivity index (χ4v) is 3.12. The van der Waals surface area contributed by atoms with Crippen LogP contribution in [0.1, 0.15) is 38.1 Å². The van der Waals surface area contributed by atoms with E-state index in [1.54, 1.807) is 0 Å². The highest BCUT2D eigenvalue weighted by atomic mass is 35.5. The molecule has 0 amide bonds. The molecule has 0 radical (unpaired) electrons. The Bertz CT molecular complexity index is 534. The molecule has 2 aromatic rings. The van der Waals surface area contributed by atoms with Gasteiger partial charge in [-0.25, -0.2) is 9.97 Å². The molecule has 3 rings (SSSR count). The minimum Gasteiger partial charge on any atom is -0.308 e. The predicted molar refractivity (Wildman–Crippen MR) is 69.1 cm³/mol. The minimum absolute atomic E-state index is 0.458. The zero-order valence-electron chi connectivity index (χ0n) is 9.93. The summed E-state index contributed by atoms with van der Waals surface area (Å²) in [5.74, 6) is 2.11. The molecular weight excluding hydrogens is 234 g/mol. The van der Waals surface area contributed by atoms with Gasteiger partial charge in [0.1, 0.15) is 11.3 Å². The van der Waals surface area contributed by atoms with Crippen molar-refractivity contribution in [3.63, 3.8) is 0 Å². The molecule has 0 spiro atoms. The van der Waals surface area contributed by atoms with Crippen molar-refractivity contribution >= 4 is 22.8 Å². The summed E-state index contributed by atoms with van der Waals surface area (Å²) < 4.78 is 2.26. The van der Waals surface area contributed by atoms with Gasteiger partial charge in [-0.2, -0.15) is 0 Å². The van der Waals surface area contributed by atoms with E-state index in [2.05, 4.69) is 21.5 Å². The number of alkyl halides is 1. The van der Waals surface area contributed by atoms with E-state index in [4.69, 9.17) is 11.6 Å². The first kappa shape index (κ1) is 11.0. The van der Waals surface area contributed by atoms with Gasteiger partial charge in [0.15, 0.2) is 5.65 Å². The van der Waals surface area contributed by atoms with Gasteiger partial charge in [0.25, 0.3) is 0 Å². The van der Waals surface area contributed by atoms with Crippen LogP contribution in [0.4, 0.5) is 0 Å². The van der Waals surface area contributed by atoms with Gasteiger partial charge in [0.05, 0.1) is 5.88 Å². The van der Waals surface area contributed by atoms with Crippen LogP contribution in [-0.2, 0) is 5.88 Å². The molecule has 90 valence electrons. The lowest BCUT2D eigenvalue weighted by atomic mass is 10.1. The quantitative estimate of drug-likeness (QED) is 0.763. The summed E-state index contributed by atoms with van der Waals surface area (Å²) in [5.41, 5.74) is 1.95. The summed E-state index contributed by atoms with van der Waals surface area (Å²) in [5, 5.41) is 0. The van der Waals surface area contributed by atoms with Crippen LogP contribution in [0.5, 0.6) is 0 Å². The SMILES string of the molecule is CC1CCCC1n1c(CCl)nc2cccnc21. The van der Waals surface area contributed by atoms with Crippen LogP contribution < -0.4 is 0 Å². The molecule has 1 saturated carbocycles. The summed E-state index contributed by atoms with van der Waals surface area (Å²) in [6.45, 7) is 2.31. The van der Waals surface area contributed by atoms with Crippen molar-refractivity contribution in [3.8, 4) is 0 Å². The Morgan fingerprint density at radius 3 is 3.06 bits per heavy atom. The third-order valence-corrected chi connectivity index (χ3v) is 4.03. The molecule has 0 saturated heterocycles. The Hall–Kier alpha value is -1.09. The molecule has 1 aliphatic carbocycles. The van der Waals surface area contributed by atoms with Gasteiger partial charge < -0.3 is 4.57 Å². The van der Waals surface area contributed by atoms with Crippen molar-refractivity contribution in [2.45, 2.75) is 38.1 Å². The van der Waals surface area contributed by atoms with Gasteiger partial charge in [0, 0.05) is 12.2 Å². The van der Waals surface area contributed by atoms with Gasteiger partial charge in [-0.05, 0) is 30.9 Å². The van der Waals surface area contributed by atoms with Crippen LogP contribution in [0.15, 0.2) is 18.3 Å². The highest BCUT2D eigenvalue weighted by molar-refractivity contribution is 6.16. The van der Waals surface area contributed by atoms with Gasteiger partial charge in [-0.15, -0.1) is 11.6 Å². The molecule has 0 bridgehead atoms. The number of aromatic nitrogens is 3. The monoisotopic (exact) mass is 249 g/mol. The number of rotatable bonds is 2.